The number of carbonyl (C=O) groups is 1. The van der Waals surface area contributed by atoms with Crippen LogP contribution in [0, 0.1) is 23.2 Å². The van der Waals surface area contributed by atoms with Gasteiger partial charge in [0.15, 0.2) is 0 Å². The number of hydrogen-bond donors (Lipinski definition) is 1. The standard InChI is InChI=1S/C18H24N2O/c1-13-4-3-5-17(14(13)2)20-18(21)11-10-15-6-8-16(12-19)9-7-15/h6-9,13-14,17H,3-5,10-11H2,1-2H3,(H,20,21). The molecule has 3 heteroatoms. The highest BCUT2D eigenvalue weighted by Gasteiger charge is 2.27. The molecule has 1 N–H and O–H groups in total. The maximum Gasteiger partial charge on any atom is 0.220 e. The summed E-state index contributed by atoms with van der Waals surface area (Å²) in [6.45, 7) is 4.52. The van der Waals surface area contributed by atoms with Gasteiger partial charge in [0.05, 0.1) is 11.6 Å². The fraction of sp³-hybridized carbons (Fsp3) is 0.556. The minimum atomic E-state index is 0.144. The Hall–Kier alpha value is -1.82. The molecule has 0 saturated heterocycles. The van der Waals surface area contributed by atoms with Gasteiger partial charge in [0, 0.05) is 12.5 Å². The summed E-state index contributed by atoms with van der Waals surface area (Å²) in [6.07, 6.45) is 4.84. The second kappa shape index (κ2) is 7.26. The van der Waals surface area contributed by atoms with Crippen molar-refractivity contribution in [2.75, 3.05) is 0 Å². The summed E-state index contributed by atoms with van der Waals surface area (Å²) in [5.74, 6) is 1.41. The van der Waals surface area contributed by atoms with E-state index >= 15 is 0 Å². The number of nitrogens with one attached hydrogen (secondary N) is 1. The van der Waals surface area contributed by atoms with E-state index in [4.69, 9.17) is 5.26 Å². The van der Waals surface area contributed by atoms with Crippen LogP contribution in [-0.4, -0.2) is 11.9 Å². The number of hydrogen-bond acceptors (Lipinski definition) is 2. The first-order chi connectivity index (χ1) is 10.1. The molecule has 1 amide bonds. The van der Waals surface area contributed by atoms with Crippen molar-refractivity contribution < 1.29 is 4.79 Å². The van der Waals surface area contributed by atoms with E-state index in [1.54, 1.807) is 12.1 Å². The highest BCUT2D eigenvalue weighted by Crippen LogP contribution is 2.29. The van der Waals surface area contributed by atoms with Crippen molar-refractivity contribution in [1.82, 2.24) is 5.32 Å². The van der Waals surface area contributed by atoms with Gasteiger partial charge in [-0.1, -0.05) is 38.8 Å². The van der Waals surface area contributed by atoms with Gasteiger partial charge in [-0.3, -0.25) is 4.79 Å². The molecule has 1 aliphatic carbocycles. The van der Waals surface area contributed by atoms with Crippen LogP contribution >= 0.6 is 0 Å². The number of amides is 1. The van der Waals surface area contributed by atoms with Gasteiger partial charge in [0.1, 0.15) is 0 Å². The van der Waals surface area contributed by atoms with E-state index < -0.39 is 0 Å². The minimum Gasteiger partial charge on any atom is -0.353 e. The summed E-state index contributed by atoms with van der Waals surface area (Å²) >= 11 is 0. The molecule has 112 valence electrons. The second-order valence-electron chi connectivity index (χ2n) is 6.25. The molecule has 0 aromatic heterocycles. The van der Waals surface area contributed by atoms with Gasteiger partial charge in [0.25, 0.3) is 0 Å². The largest absolute Gasteiger partial charge is 0.353 e. The first kappa shape index (κ1) is 15.6. The van der Waals surface area contributed by atoms with Gasteiger partial charge in [-0.05, 0) is 42.4 Å². The lowest BCUT2D eigenvalue weighted by Gasteiger charge is -2.34. The molecule has 0 heterocycles. The van der Waals surface area contributed by atoms with Crippen molar-refractivity contribution >= 4 is 5.91 Å². The smallest absolute Gasteiger partial charge is 0.220 e. The highest BCUT2D eigenvalue weighted by atomic mass is 16.1. The van der Waals surface area contributed by atoms with Crippen molar-refractivity contribution in [2.24, 2.45) is 11.8 Å². The number of aryl methyl sites for hydroxylation is 1. The summed E-state index contributed by atoms with van der Waals surface area (Å²) in [6, 6.07) is 9.90. The summed E-state index contributed by atoms with van der Waals surface area (Å²) in [5, 5.41) is 12.0. The Labute approximate surface area is 127 Å². The van der Waals surface area contributed by atoms with Gasteiger partial charge < -0.3 is 5.32 Å². The van der Waals surface area contributed by atoms with Gasteiger partial charge in [0.2, 0.25) is 5.91 Å². The molecule has 1 aromatic carbocycles. The molecule has 0 aliphatic heterocycles. The van der Waals surface area contributed by atoms with Crippen LogP contribution in [-0.2, 0) is 11.2 Å². The zero-order valence-electron chi connectivity index (χ0n) is 12.9. The Morgan fingerprint density at radius 1 is 1.29 bits per heavy atom. The van der Waals surface area contributed by atoms with Crippen molar-refractivity contribution in [3.05, 3.63) is 35.4 Å². The fourth-order valence-corrected chi connectivity index (χ4v) is 3.07. The minimum absolute atomic E-state index is 0.144. The first-order valence-electron chi connectivity index (χ1n) is 7.88. The molecule has 1 aromatic rings. The van der Waals surface area contributed by atoms with Crippen molar-refractivity contribution in [3.8, 4) is 6.07 Å². The summed E-state index contributed by atoms with van der Waals surface area (Å²) < 4.78 is 0. The predicted molar refractivity (Wildman–Crippen MR) is 83.6 cm³/mol. The van der Waals surface area contributed by atoms with Crippen LogP contribution in [0.3, 0.4) is 0 Å². The molecule has 2 rings (SSSR count). The lowest BCUT2D eigenvalue weighted by Crippen LogP contribution is -2.43. The number of nitrogens with zero attached hydrogens (tertiary/aromatic N) is 1. The van der Waals surface area contributed by atoms with E-state index in [1.165, 1.54) is 12.8 Å². The highest BCUT2D eigenvalue weighted by molar-refractivity contribution is 5.76. The molecule has 0 bridgehead atoms. The Balaban J connectivity index is 1.80. The lowest BCUT2D eigenvalue weighted by atomic mass is 9.78. The Morgan fingerprint density at radius 2 is 2.00 bits per heavy atom. The van der Waals surface area contributed by atoms with Crippen LogP contribution in [0.2, 0.25) is 0 Å². The van der Waals surface area contributed by atoms with E-state index in [1.807, 2.05) is 12.1 Å². The van der Waals surface area contributed by atoms with Crippen LogP contribution in [0.25, 0.3) is 0 Å². The molecule has 0 spiro atoms. The SMILES string of the molecule is CC1CCCC(NC(=O)CCc2ccc(C#N)cc2)C1C. The van der Waals surface area contributed by atoms with E-state index in [0.29, 0.717) is 29.9 Å². The number of nitriles is 1. The van der Waals surface area contributed by atoms with Gasteiger partial charge >= 0.3 is 0 Å². The average Bonchev–Trinajstić information content (AvgIpc) is 2.50. The molecule has 21 heavy (non-hydrogen) atoms. The summed E-state index contributed by atoms with van der Waals surface area (Å²) in [5.41, 5.74) is 1.77. The molecule has 1 fully saturated rings. The second-order valence-corrected chi connectivity index (χ2v) is 6.25. The predicted octanol–water partition coefficient (Wildman–Crippen LogP) is 3.43. The molecule has 1 aliphatic rings. The van der Waals surface area contributed by atoms with Gasteiger partial charge in [-0.15, -0.1) is 0 Å². The third-order valence-electron chi connectivity index (χ3n) is 4.78. The van der Waals surface area contributed by atoms with E-state index in [2.05, 4.69) is 25.2 Å². The van der Waals surface area contributed by atoms with Crippen LogP contribution in [0.4, 0.5) is 0 Å². The Morgan fingerprint density at radius 3 is 2.67 bits per heavy atom. The maximum absolute atomic E-state index is 12.1. The van der Waals surface area contributed by atoms with Crippen LogP contribution in [0.5, 0.6) is 0 Å². The first-order valence-corrected chi connectivity index (χ1v) is 7.88. The molecular formula is C18H24N2O. The number of rotatable bonds is 4. The molecule has 3 nitrogen and oxygen atoms in total. The normalized spacial score (nSPS) is 25.1. The zero-order chi connectivity index (χ0) is 15.2. The summed E-state index contributed by atoms with van der Waals surface area (Å²) in [4.78, 5) is 12.1. The Kier molecular flexibility index (Phi) is 5.38. The summed E-state index contributed by atoms with van der Waals surface area (Å²) in [7, 11) is 0. The average molecular weight is 284 g/mol. The van der Waals surface area contributed by atoms with Gasteiger partial charge in [-0.2, -0.15) is 5.26 Å². The quantitative estimate of drug-likeness (QED) is 0.921. The van der Waals surface area contributed by atoms with Gasteiger partial charge in [-0.25, -0.2) is 0 Å². The molecule has 1 saturated carbocycles. The van der Waals surface area contributed by atoms with E-state index in [0.717, 1.165) is 18.4 Å². The van der Waals surface area contributed by atoms with Crippen molar-refractivity contribution in [3.63, 3.8) is 0 Å². The topological polar surface area (TPSA) is 52.9 Å². The van der Waals surface area contributed by atoms with Crippen molar-refractivity contribution in [2.45, 2.75) is 52.0 Å². The van der Waals surface area contributed by atoms with Crippen LogP contribution in [0.1, 0.15) is 50.7 Å². The number of carbonyl (C=O) groups excluding carboxylic acids is 1. The third-order valence-corrected chi connectivity index (χ3v) is 4.78. The molecule has 3 unspecified atom stereocenters. The molecule has 3 atom stereocenters. The zero-order valence-corrected chi connectivity index (χ0v) is 12.9. The van der Waals surface area contributed by atoms with E-state index in [9.17, 15) is 4.79 Å². The fourth-order valence-electron chi connectivity index (χ4n) is 3.07. The van der Waals surface area contributed by atoms with E-state index in [-0.39, 0.29) is 5.91 Å². The maximum atomic E-state index is 12.1. The van der Waals surface area contributed by atoms with Crippen LogP contribution in [0.15, 0.2) is 24.3 Å². The van der Waals surface area contributed by atoms with Crippen molar-refractivity contribution in [1.29, 1.82) is 5.26 Å². The lowest BCUT2D eigenvalue weighted by molar-refractivity contribution is -0.122. The third kappa shape index (κ3) is 4.32. The van der Waals surface area contributed by atoms with Crippen LogP contribution < -0.4 is 5.32 Å². The molecular weight excluding hydrogens is 260 g/mol. The number of benzene rings is 1. The Bertz CT molecular complexity index is 515. The monoisotopic (exact) mass is 284 g/mol. The molecule has 0 radical (unpaired) electrons.